The molecule has 0 fully saturated rings. The Morgan fingerprint density at radius 2 is 1.84 bits per heavy atom. The van der Waals surface area contributed by atoms with Gasteiger partial charge in [-0.3, -0.25) is 4.79 Å². The van der Waals surface area contributed by atoms with Crippen molar-refractivity contribution in [2.75, 3.05) is 0 Å². The summed E-state index contributed by atoms with van der Waals surface area (Å²) < 4.78 is 0. The van der Waals surface area contributed by atoms with Gasteiger partial charge in [0.05, 0.1) is 11.7 Å². The lowest BCUT2D eigenvalue weighted by Crippen LogP contribution is -2.24. The first-order valence-electron chi connectivity index (χ1n) is 7.14. The van der Waals surface area contributed by atoms with Crippen molar-refractivity contribution in [1.29, 1.82) is 10.5 Å². The van der Waals surface area contributed by atoms with Gasteiger partial charge in [-0.2, -0.15) is 10.5 Å². The Bertz CT molecular complexity index is 1050. The Morgan fingerprint density at radius 3 is 2.52 bits per heavy atom. The van der Waals surface area contributed by atoms with Crippen molar-refractivity contribution in [3.63, 3.8) is 0 Å². The second-order valence-electron chi connectivity index (χ2n) is 5.04. The summed E-state index contributed by atoms with van der Waals surface area (Å²) in [5.41, 5.74) is 1.37. The zero-order valence-electron chi connectivity index (χ0n) is 12.8. The quantitative estimate of drug-likeness (QED) is 0.740. The molecule has 3 heterocycles. The third-order valence-electron chi connectivity index (χ3n) is 3.44. The van der Waals surface area contributed by atoms with Crippen molar-refractivity contribution in [2.24, 2.45) is 0 Å². The molecule has 0 saturated heterocycles. The summed E-state index contributed by atoms with van der Waals surface area (Å²) in [6, 6.07) is 9.99. The van der Waals surface area contributed by atoms with Crippen molar-refractivity contribution in [3.05, 3.63) is 59.3 Å². The van der Waals surface area contributed by atoms with Crippen LogP contribution >= 0.6 is 0 Å². The summed E-state index contributed by atoms with van der Waals surface area (Å²) in [5, 5.41) is 30.8. The molecular formula is C17H10N6O2. The number of nitrogens with one attached hydrogen (secondary N) is 1. The van der Waals surface area contributed by atoms with Gasteiger partial charge in [0.1, 0.15) is 23.5 Å². The predicted molar refractivity (Wildman–Crippen MR) is 86.0 cm³/mol. The third kappa shape index (κ3) is 3.19. The van der Waals surface area contributed by atoms with Crippen molar-refractivity contribution >= 4 is 16.8 Å². The van der Waals surface area contributed by atoms with Crippen LogP contribution in [0.25, 0.3) is 10.9 Å². The largest absolute Gasteiger partial charge is 0.505 e. The normalized spacial score (nSPS) is 10.0. The van der Waals surface area contributed by atoms with E-state index in [9.17, 15) is 9.90 Å². The molecule has 0 bridgehead atoms. The van der Waals surface area contributed by atoms with Gasteiger partial charge < -0.3 is 10.4 Å². The monoisotopic (exact) mass is 330 g/mol. The Kier molecular flexibility index (Phi) is 4.18. The second kappa shape index (κ2) is 6.60. The molecule has 0 saturated carbocycles. The van der Waals surface area contributed by atoms with Crippen LogP contribution in [0.4, 0.5) is 0 Å². The molecule has 0 spiro atoms. The standard InChI is InChI=1S/C17H10N6O2/c18-5-11-2-1-10(7-20-11)8-22-17(25)15-16(24)13-4-3-12(6-19)23-14(13)9-21-15/h1-4,7,9,24H,8H2,(H,22,25). The van der Waals surface area contributed by atoms with Gasteiger partial charge in [-0.25, -0.2) is 15.0 Å². The molecule has 0 atom stereocenters. The van der Waals surface area contributed by atoms with E-state index >= 15 is 0 Å². The number of aromatic nitrogens is 3. The van der Waals surface area contributed by atoms with E-state index in [1.807, 2.05) is 12.1 Å². The summed E-state index contributed by atoms with van der Waals surface area (Å²) in [7, 11) is 0. The fourth-order valence-corrected chi connectivity index (χ4v) is 2.18. The van der Waals surface area contributed by atoms with E-state index in [-0.39, 0.29) is 29.4 Å². The average molecular weight is 330 g/mol. The molecule has 8 heteroatoms. The number of hydrogen-bond donors (Lipinski definition) is 2. The van der Waals surface area contributed by atoms with E-state index in [0.29, 0.717) is 16.5 Å². The fraction of sp³-hybridized carbons (Fsp3) is 0.0588. The highest BCUT2D eigenvalue weighted by molar-refractivity contribution is 6.00. The maximum Gasteiger partial charge on any atom is 0.274 e. The van der Waals surface area contributed by atoms with Crippen LogP contribution in [-0.2, 0) is 6.54 Å². The number of rotatable bonds is 3. The molecule has 2 N–H and O–H groups in total. The number of carbonyl (C=O) groups excluding carboxylic acids is 1. The van der Waals surface area contributed by atoms with Crippen LogP contribution in [0.5, 0.6) is 5.75 Å². The number of nitrogens with zero attached hydrogens (tertiary/aromatic N) is 5. The number of nitriles is 2. The average Bonchev–Trinajstić information content (AvgIpc) is 2.66. The lowest BCUT2D eigenvalue weighted by Gasteiger charge is -2.08. The van der Waals surface area contributed by atoms with E-state index in [0.717, 1.165) is 0 Å². The molecule has 3 aromatic rings. The molecule has 0 aliphatic rings. The third-order valence-corrected chi connectivity index (χ3v) is 3.44. The zero-order chi connectivity index (χ0) is 17.8. The molecule has 25 heavy (non-hydrogen) atoms. The minimum atomic E-state index is -0.562. The van der Waals surface area contributed by atoms with Crippen LogP contribution in [0.3, 0.4) is 0 Å². The van der Waals surface area contributed by atoms with Crippen LogP contribution in [-0.4, -0.2) is 26.0 Å². The molecule has 1 amide bonds. The molecular weight excluding hydrogens is 320 g/mol. The number of fused-ring (bicyclic) bond motifs is 1. The Balaban J connectivity index is 1.81. The molecule has 0 aromatic carbocycles. The Labute approximate surface area is 142 Å². The Hall–Kier alpha value is -4.04. The van der Waals surface area contributed by atoms with Crippen molar-refractivity contribution in [3.8, 4) is 17.9 Å². The first-order chi connectivity index (χ1) is 12.1. The SMILES string of the molecule is N#Cc1ccc(CNC(=O)c2ncc3nc(C#N)ccc3c2O)cn1. The van der Waals surface area contributed by atoms with Gasteiger partial charge in [-0.1, -0.05) is 6.07 Å². The number of pyridine rings is 3. The molecule has 3 rings (SSSR count). The minimum Gasteiger partial charge on any atom is -0.505 e. The van der Waals surface area contributed by atoms with Gasteiger partial charge in [0.25, 0.3) is 5.91 Å². The molecule has 0 aliphatic carbocycles. The van der Waals surface area contributed by atoms with E-state index in [1.165, 1.54) is 24.5 Å². The maximum absolute atomic E-state index is 12.2. The summed E-state index contributed by atoms with van der Waals surface area (Å²) in [6.07, 6.45) is 2.81. The van der Waals surface area contributed by atoms with Crippen molar-refractivity contribution in [2.45, 2.75) is 6.54 Å². The number of amides is 1. The van der Waals surface area contributed by atoms with Crippen LogP contribution in [0.1, 0.15) is 27.4 Å². The van der Waals surface area contributed by atoms with Crippen LogP contribution in [0, 0.1) is 22.7 Å². The van der Waals surface area contributed by atoms with Gasteiger partial charge in [-0.05, 0) is 23.8 Å². The topological polar surface area (TPSA) is 136 Å². The van der Waals surface area contributed by atoms with Gasteiger partial charge in [-0.15, -0.1) is 0 Å². The van der Waals surface area contributed by atoms with Crippen LogP contribution < -0.4 is 5.32 Å². The first kappa shape index (κ1) is 15.8. The van der Waals surface area contributed by atoms with Crippen LogP contribution in [0.15, 0.2) is 36.7 Å². The molecule has 3 aromatic heterocycles. The number of carbonyl (C=O) groups is 1. The van der Waals surface area contributed by atoms with Crippen molar-refractivity contribution in [1.82, 2.24) is 20.3 Å². The smallest absolute Gasteiger partial charge is 0.274 e. The summed E-state index contributed by atoms with van der Waals surface area (Å²) in [5.74, 6) is -0.863. The highest BCUT2D eigenvalue weighted by Crippen LogP contribution is 2.26. The van der Waals surface area contributed by atoms with E-state index in [2.05, 4.69) is 20.3 Å². The summed E-state index contributed by atoms with van der Waals surface area (Å²) in [4.78, 5) is 24.1. The molecule has 0 unspecified atom stereocenters. The predicted octanol–water partition coefficient (Wildman–Crippen LogP) is 1.40. The fourth-order valence-electron chi connectivity index (χ4n) is 2.18. The Morgan fingerprint density at radius 1 is 1.08 bits per heavy atom. The van der Waals surface area contributed by atoms with E-state index in [1.54, 1.807) is 12.1 Å². The summed E-state index contributed by atoms with van der Waals surface area (Å²) in [6.45, 7) is 0.169. The van der Waals surface area contributed by atoms with Crippen molar-refractivity contribution < 1.29 is 9.90 Å². The lowest BCUT2D eigenvalue weighted by atomic mass is 10.1. The second-order valence-corrected chi connectivity index (χ2v) is 5.04. The van der Waals surface area contributed by atoms with Gasteiger partial charge >= 0.3 is 0 Å². The zero-order valence-corrected chi connectivity index (χ0v) is 12.8. The number of aromatic hydroxyl groups is 1. The number of hydrogen-bond acceptors (Lipinski definition) is 7. The van der Waals surface area contributed by atoms with Crippen LogP contribution in [0.2, 0.25) is 0 Å². The highest BCUT2D eigenvalue weighted by atomic mass is 16.3. The van der Waals surface area contributed by atoms with E-state index in [4.69, 9.17) is 10.5 Å². The molecule has 0 radical (unpaired) electrons. The lowest BCUT2D eigenvalue weighted by molar-refractivity contribution is 0.0943. The van der Waals surface area contributed by atoms with Gasteiger partial charge in [0.2, 0.25) is 0 Å². The highest BCUT2D eigenvalue weighted by Gasteiger charge is 2.16. The maximum atomic E-state index is 12.2. The molecule has 120 valence electrons. The minimum absolute atomic E-state index is 0.138. The van der Waals surface area contributed by atoms with E-state index < -0.39 is 5.91 Å². The molecule has 8 nitrogen and oxygen atoms in total. The molecule has 0 aliphatic heterocycles. The van der Waals surface area contributed by atoms with Gasteiger partial charge in [0.15, 0.2) is 11.4 Å². The van der Waals surface area contributed by atoms with Gasteiger partial charge in [0, 0.05) is 18.1 Å². The first-order valence-corrected chi connectivity index (χ1v) is 7.14. The summed E-state index contributed by atoms with van der Waals surface area (Å²) >= 11 is 0.